The molecule has 0 atom stereocenters. The van der Waals surface area contributed by atoms with Crippen LogP contribution in [0.15, 0.2) is 28.7 Å². The van der Waals surface area contributed by atoms with E-state index in [0.717, 1.165) is 24.1 Å². The van der Waals surface area contributed by atoms with Crippen molar-refractivity contribution in [2.75, 3.05) is 31.9 Å². The summed E-state index contributed by atoms with van der Waals surface area (Å²) < 4.78 is 26.8. The van der Waals surface area contributed by atoms with E-state index < -0.39 is 10.0 Å². The normalized spacial score (nSPS) is 18.3. The van der Waals surface area contributed by atoms with E-state index in [2.05, 4.69) is 28.1 Å². The Hall–Kier alpha value is -0.430. The second kappa shape index (κ2) is 7.02. The second-order valence-electron chi connectivity index (χ2n) is 5.27. The van der Waals surface area contributed by atoms with E-state index in [1.807, 2.05) is 19.1 Å². The maximum absolute atomic E-state index is 12.0. The van der Waals surface area contributed by atoms with E-state index in [9.17, 15) is 8.42 Å². The first-order valence-electron chi connectivity index (χ1n) is 7.07. The molecule has 0 aliphatic carbocycles. The average Bonchev–Trinajstić information content (AvgIpc) is 2.39. The standard InChI is InChI=1S/C14H21BrN2O2S/c1-2-10-20(18,19)17-8-6-16(7-9-17)12-13-4-3-5-14(15)11-13/h3-5,11H,2,6-10,12H2,1H3/p+1. The van der Waals surface area contributed by atoms with Crippen molar-refractivity contribution < 1.29 is 13.3 Å². The number of nitrogens with zero attached hydrogens (tertiary/aromatic N) is 1. The van der Waals surface area contributed by atoms with E-state index in [-0.39, 0.29) is 5.75 Å². The fourth-order valence-electron chi connectivity index (χ4n) is 2.58. The molecule has 0 amide bonds. The Morgan fingerprint density at radius 3 is 2.60 bits per heavy atom. The first-order chi connectivity index (χ1) is 9.51. The van der Waals surface area contributed by atoms with Crippen molar-refractivity contribution in [2.24, 2.45) is 0 Å². The zero-order valence-electron chi connectivity index (χ0n) is 11.8. The molecule has 0 spiro atoms. The maximum Gasteiger partial charge on any atom is 0.214 e. The van der Waals surface area contributed by atoms with Gasteiger partial charge in [-0.1, -0.05) is 35.0 Å². The molecule has 0 radical (unpaired) electrons. The summed E-state index contributed by atoms with van der Waals surface area (Å²) in [6.45, 7) is 5.93. The SMILES string of the molecule is CCCS(=O)(=O)N1CC[NH+](Cc2cccc(Br)c2)CC1. The number of halogens is 1. The van der Waals surface area contributed by atoms with Crippen molar-refractivity contribution in [1.29, 1.82) is 0 Å². The maximum atomic E-state index is 12.0. The molecule has 0 aromatic heterocycles. The van der Waals surface area contributed by atoms with Gasteiger partial charge in [0.1, 0.15) is 6.54 Å². The van der Waals surface area contributed by atoms with Gasteiger partial charge in [0, 0.05) is 10.0 Å². The molecular weight excluding hydrogens is 340 g/mol. The van der Waals surface area contributed by atoms with Crippen LogP contribution in [0.4, 0.5) is 0 Å². The van der Waals surface area contributed by atoms with Gasteiger partial charge in [0.15, 0.2) is 0 Å². The van der Waals surface area contributed by atoms with E-state index >= 15 is 0 Å². The molecule has 2 rings (SSSR count). The van der Waals surface area contributed by atoms with Crippen molar-refractivity contribution in [3.8, 4) is 0 Å². The second-order valence-corrected chi connectivity index (χ2v) is 8.28. The van der Waals surface area contributed by atoms with Crippen LogP contribution >= 0.6 is 15.9 Å². The third kappa shape index (κ3) is 4.28. The minimum absolute atomic E-state index is 0.272. The summed E-state index contributed by atoms with van der Waals surface area (Å²) in [6, 6.07) is 8.32. The van der Waals surface area contributed by atoms with Gasteiger partial charge in [0.2, 0.25) is 10.0 Å². The van der Waals surface area contributed by atoms with Gasteiger partial charge in [0.25, 0.3) is 0 Å². The minimum Gasteiger partial charge on any atom is -0.329 e. The summed E-state index contributed by atoms with van der Waals surface area (Å²) in [5.74, 6) is 0.272. The highest BCUT2D eigenvalue weighted by atomic mass is 79.9. The van der Waals surface area contributed by atoms with Gasteiger partial charge in [-0.25, -0.2) is 8.42 Å². The van der Waals surface area contributed by atoms with Crippen LogP contribution in [0.25, 0.3) is 0 Å². The molecule has 0 saturated carbocycles. The molecule has 1 fully saturated rings. The van der Waals surface area contributed by atoms with Gasteiger partial charge >= 0.3 is 0 Å². The predicted molar refractivity (Wildman–Crippen MR) is 84.2 cm³/mol. The molecule has 112 valence electrons. The molecule has 6 heteroatoms. The van der Waals surface area contributed by atoms with Crippen molar-refractivity contribution in [1.82, 2.24) is 4.31 Å². The Morgan fingerprint density at radius 2 is 2.00 bits per heavy atom. The average molecular weight is 362 g/mol. The zero-order chi connectivity index (χ0) is 14.6. The van der Waals surface area contributed by atoms with Crippen molar-refractivity contribution >= 4 is 26.0 Å². The smallest absolute Gasteiger partial charge is 0.214 e. The van der Waals surface area contributed by atoms with Crippen LogP contribution in [0.1, 0.15) is 18.9 Å². The van der Waals surface area contributed by atoms with Crippen LogP contribution in [0.2, 0.25) is 0 Å². The van der Waals surface area contributed by atoms with Gasteiger partial charge < -0.3 is 4.90 Å². The van der Waals surface area contributed by atoms with Gasteiger partial charge in [0.05, 0.1) is 31.9 Å². The number of piperazine rings is 1. The monoisotopic (exact) mass is 361 g/mol. The lowest BCUT2D eigenvalue weighted by Gasteiger charge is -2.31. The van der Waals surface area contributed by atoms with E-state index in [1.54, 1.807) is 4.31 Å². The Bertz CT molecular complexity index is 540. The summed E-state index contributed by atoms with van der Waals surface area (Å²) >= 11 is 3.48. The van der Waals surface area contributed by atoms with Crippen LogP contribution in [0.5, 0.6) is 0 Å². The Kier molecular flexibility index (Phi) is 5.60. The quantitative estimate of drug-likeness (QED) is 0.846. The van der Waals surface area contributed by atoms with Gasteiger partial charge in [-0.3, -0.25) is 0 Å². The van der Waals surface area contributed by atoms with Crippen LogP contribution in [0, 0.1) is 0 Å². The minimum atomic E-state index is -3.02. The number of hydrogen-bond donors (Lipinski definition) is 1. The fourth-order valence-corrected chi connectivity index (χ4v) is 4.54. The lowest BCUT2D eigenvalue weighted by atomic mass is 10.2. The lowest BCUT2D eigenvalue weighted by Crippen LogP contribution is -3.13. The molecule has 0 unspecified atom stereocenters. The number of benzene rings is 1. The van der Waals surface area contributed by atoms with E-state index in [0.29, 0.717) is 19.5 Å². The molecular formula is C14H22BrN2O2S+. The molecule has 1 aromatic rings. The molecule has 1 heterocycles. The first kappa shape index (κ1) is 15.9. The number of rotatable bonds is 5. The Balaban J connectivity index is 1.89. The summed E-state index contributed by atoms with van der Waals surface area (Å²) in [4.78, 5) is 1.45. The highest BCUT2D eigenvalue weighted by molar-refractivity contribution is 9.10. The van der Waals surface area contributed by atoms with Crippen LogP contribution < -0.4 is 4.90 Å². The molecule has 4 nitrogen and oxygen atoms in total. The van der Waals surface area contributed by atoms with Gasteiger partial charge in [-0.05, 0) is 18.6 Å². The van der Waals surface area contributed by atoms with Crippen LogP contribution in [-0.4, -0.2) is 44.7 Å². The molecule has 0 bridgehead atoms. The first-order valence-corrected chi connectivity index (χ1v) is 9.47. The number of hydrogen-bond acceptors (Lipinski definition) is 2. The van der Waals surface area contributed by atoms with E-state index in [1.165, 1.54) is 10.5 Å². The third-order valence-corrected chi connectivity index (χ3v) is 6.20. The highest BCUT2D eigenvalue weighted by Gasteiger charge is 2.28. The fraction of sp³-hybridized carbons (Fsp3) is 0.571. The summed E-state index contributed by atoms with van der Waals surface area (Å²) in [5, 5.41) is 0. The predicted octanol–water partition coefficient (Wildman–Crippen LogP) is 0.889. The van der Waals surface area contributed by atoms with Crippen molar-refractivity contribution in [3.63, 3.8) is 0 Å². The lowest BCUT2D eigenvalue weighted by molar-refractivity contribution is -0.917. The largest absolute Gasteiger partial charge is 0.329 e. The molecule has 1 aromatic carbocycles. The molecule has 1 aliphatic rings. The Morgan fingerprint density at radius 1 is 1.30 bits per heavy atom. The summed E-state index contributed by atoms with van der Waals surface area (Å²) in [5.41, 5.74) is 1.29. The molecule has 20 heavy (non-hydrogen) atoms. The Labute approximate surface area is 129 Å². The highest BCUT2D eigenvalue weighted by Crippen LogP contribution is 2.11. The summed E-state index contributed by atoms with van der Waals surface area (Å²) in [7, 11) is -3.02. The van der Waals surface area contributed by atoms with Crippen molar-refractivity contribution in [3.05, 3.63) is 34.3 Å². The van der Waals surface area contributed by atoms with Gasteiger partial charge in [-0.15, -0.1) is 0 Å². The topological polar surface area (TPSA) is 41.8 Å². The third-order valence-electron chi connectivity index (χ3n) is 3.63. The summed E-state index contributed by atoms with van der Waals surface area (Å²) in [6.07, 6.45) is 0.688. The van der Waals surface area contributed by atoms with Crippen LogP contribution in [0.3, 0.4) is 0 Å². The van der Waals surface area contributed by atoms with Crippen LogP contribution in [-0.2, 0) is 16.6 Å². The van der Waals surface area contributed by atoms with E-state index in [4.69, 9.17) is 0 Å². The molecule has 1 saturated heterocycles. The number of nitrogens with one attached hydrogen (secondary N) is 1. The number of sulfonamides is 1. The molecule has 1 N–H and O–H groups in total. The number of quaternary nitrogens is 1. The zero-order valence-corrected chi connectivity index (χ0v) is 14.2. The molecule has 1 aliphatic heterocycles. The van der Waals surface area contributed by atoms with Gasteiger partial charge in [-0.2, -0.15) is 4.31 Å². The van der Waals surface area contributed by atoms with Crippen molar-refractivity contribution in [2.45, 2.75) is 19.9 Å².